The van der Waals surface area contributed by atoms with Gasteiger partial charge in [-0.1, -0.05) is 6.07 Å². The van der Waals surface area contributed by atoms with Crippen molar-refractivity contribution in [2.24, 2.45) is 5.92 Å². The number of ketones is 1. The number of oxazole rings is 1. The molecule has 1 saturated carbocycles. The molecule has 0 saturated heterocycles. The Morgan fingerprint density at radius 2 is 1.90 bits per heavy atom. The number of fused-ring (bicyclic) bond motifs is 2. The molecule has 1 aliphatic heterocycles. The van der Waals surface area contributed by atoms with Crippen LogP contribution in [0.25, 0.3) is 11.1 Å². The number of pyridine rings is 1. The summed E-state index contributed by atoms with van der Waals surface area (Å²) in [5.41, 5.74) is 2.45. The average molecular weight is 548 g/mol. The fourth-order valence-corrected chi connectivity index (χ4v) is 5.67. The van der Waals surface area contributed by atoms with Crippen molar-refractivity contribution in [2.45, 2.75) is 70.1 Å². The van der Waals surface area contributed by atoms with Crippen LogP contribution in [0.2, 0.25) is 0 Å². The first-order valence-electron chi connectivity index (χ1n) is 13.6. The van der Waals surface area contributed by atoms with Gasteiger partial charge >= 0.3 is 6.18 Å². The Morgan fingerprint density at radius 3 is 2.67 bits per heavy atom. The summed E-state index contributed by atoms with van der Waals surface area (Å²) >= 11 is 0. The van der Waals surface area contributed by atoms with E-state index in [4.69, 9.17) is 9.15 Å². The molecule has 0 amide bonds. The SMILES string of the molecule is Cc1nc2cc(C(=O)CC3CCC(F)(CCN4CCc5ccc(OCC(F)(F)F)nc5CC4)CC3)ccc2o1. The topological polar surface area (TPSA) is 68.5 Å². The van der Waals surface area contributed by atoms with Gasteiger partial charge in [0.2, 0.25) is 5.88 Å². The highest BCUT2D eigenvalue weighted by molar-refractivity contribution is 5.98. The summed E-state index contributed by atoms with van der Waals surface area (Å²) in [6.45, 7) is 2.44. The number of ether oxygens (including phenoxy) is 1. The van der Waals surface area contributed by atoms with Gasteiger partial charge in [-0.05, 0) is 68.2 Å². The first kappa shape index (κ1) is 27.6. The third-order valence-electron chi connectivity index (χ3n) is 7.96. The normalized spacial score (nSPS) is 22.4. The van der Waals surface area contributed by atoms with E-state index in [0.29, 0.717) is 87.0 Å². The Balaban J connectivity index is 1.07. The van der Waals surface area contributed by atoms with E-state index in [1.807, 2.05) is 0 Å². The van der Waals surface area contributed by atoms with E-state index in [-0.39, 0.29) is 17.6 Å². The summed E-state index contributed by atoms with van der Waals surface area (Å²) in [6.07, 6.45) is -0.0111. The maximum Gasteiger partial charge on any atom is 0.422 e. The highest BCUT2D eigenvalue weighted by Crippen LogP contribution is 2.39. The lowest BCUT2D eigenvalue weighted by atomic mass is 9.76. The smallest absolute Gasteiger partial charge is 0.422 e. The van der Waals surface area contributed by atoms with Crippen molar-refractivity contribution in [3.8, 4) is 5.88 Å². The minimum absolute atomic E-state index is 0.0220. The molecular weight excluding hydrogens is 514 g/mol. The lowest BCUT2D eigenvalue weighted by molar-refractivity contribution is -0.154. The largest absolute Gasteiger partial charge is 0.468 e. The number of halogens is 4. The van der Waals surface area contributed by atoms with Gasteiger partial charge in [0.1, 0.15) is 11.2 Å². The third-order valence-corrected chi connectivity index (χ3v) is 7.96. The van der Waals surface area contributed by atoms with Crippen LogP contribution in [0.5, 0.6) is 5.88 Å². The lowest BCUT2D eigenvalue weighted by Gasteiger charge is -2.35. The molecule has 2 aromatic heterocycles. The van der Waals surface area contributed by atoms with Crippen LogP contribution in [-0.4, -0.2) is 58.7 Å². The van der Waals surface area contributed by atoms with E-state index in [9.17, 15) is 18.0 Å². The van der Waals surface area contributed by atoms with Crippen LogP contribution in [0.3, 0.4) is 0 Å². The van der Waals surface area contributed by atoms with Crippen LogP contribution in [0.15, 0.2) is 34.7 Å². The Morgan fingerprint density at radius 1 is 1.13 bits per heavy atom. The Kier molecular flexibility index (Phi) is 7.94. The van der Waals surface area contributed by atoms with Crippen molar-refractivity contribution in [3.63, 3.8) is 0 Å². The van der Waals surface area contributed by atoms with Gasteiger partial charge in [0.05, 0.1) is 0 Å². The predicted octanol–water partition coefficient (Wildman–Crippen LogP) is 6.43. The van der Waals surface area contributed by atoms with Crippen LogP contribution < -0.4 is 4.74 Å². The summed E-state index contributed by atoms with van der Waals surface area (Å²) in [4.78, 5) is 23.7. The molecule has 0 N–H and O–H groups in total. The molecule has 39 heavy (non-hydrogen) atoms. The van der Waals surface area contributed by atoms with Crippen LogP contribution in [0.1, 0.15) is 66.0 Å². The number of carbonyl (C=O) groups excluding carboxylic acids is 1. The first-order valence-corrected chi connectivity index (χ1v) is 13.6. The zero-order chi connectivity index (χ0) is 27.6. The first-order chi connectivity index (χ1) is 18.6. The Labute approximate surface area is 224 Å². The zero-order valence-electron chi connectivity index (χ0n) is 22.0. The number of Topliss-reactive ketones (excluding diaryl/α,β-unsaturated/α-hetero) is 1. The van der Waals surface area contributed by atoms with Crippen molar-refractivity contribution in [3.05, 3.63) is 53.0 Å². The number of aromatic nitrogens is 2. The van der Waals surface area contributed by atoms with Gasteiger partial charge in [0.15, 0.2) is 23.9 Å². The second-order valence-electron chi connectivity index (χ2n) is 10.9. The van der Waals surface area contributed by atoms with E-state index in [1.165, 1.54) is 6.07 Å². The number of hydrogen-bond acceptors (Lipinski definition) is 6. The number of alkyl halides is 4. The van der Waals surface area contributed by atoms with Crippen molar-refractivity contribution in [1.29, 1.82) is 0 Å². The zero-order valence-corrected chi connectivity index (χ0v) is 22.0. The van der Waals surface area contributed by atoms with Gasteiger partial charge in [0.25, 0.3) is 0 Å². The van der Waals surface area contributed by atoms with E-state index in [2.05, 4.69) is 14.9 Å². The maximum absolute atomic E-state index is 15.7. The Bertz CT molecular complexity index is 1310. The van der Waals surface area contributed by atoms with Crippen molar-refractivity contribution in [1.82, 2.24) is 14.9 Å². The highest BCUT2D eigenvalue weighted by atomic mass is 19.4. The monoisotopic (exact) mass is 547 g/mol. The molecule has 1 aliphatic carbocycles. The summed E-state index contributed by atoms with van der Waals surface area (Å²) in [6, 6.07) is 8.56. The number of aryl methyl sites for hydroxylation is 1. The van der Waals surface area contributed by atoms with Gasteiger partial charge in [0, 0.05) is 56.7 Å². The van der Waals surface area contributed by atoms with E-state index in [0.717, 1.165) is 17.8 Å². The second kappa shape index (κ2) is 11.2. The molecule has 0 atom stereocenters. The summed E-state index contributed by atoms with van der Waals surface area (Å²) < 4.78 is 63.3. The van der Waals surface area contributed by atoms with Crippen LogP contribution >= 0.6 is 0 Å². The minimum Gasteiger partial charge on any atom is -0.468 e. The molecule has 3 heterocycles. The molecule has 1 fully saturated rings. The summed E-state index contributed by atoms with van der Waals surface area (Å²) in [7, 11) is 0. The van der Waals surface area contributed by atoms with Gasteiger partial charge in [-0.3, -0.25) is 4.79 Å². The fourth-order valence-electron chi connectivity index (χ4n) is 5.67. The number of carbonyl (C=O) groups is 1. The summed E-state index contributed by atoms with van der Waals surface area (Å²) in [5, 5.41) is 0. The molecule has 0 bridgehead atoms. The molecule has 5 rings (SSSR count). The third kappa shape index (κ3) is 7.15. The van der Waals surface area contributed by atoms with Crippen molar-refractivity contribution < 1.29 is 31.5 Å². The fraction of sp³-hybridized carbons (Fsp3) is 0.552. The molecule has 0 spiro atoms. The van der Waals surface area contributed by atoms with E-state index >= 15 is 4.39 Å². The quantitative estimate of drug-likeness (QED) is 0.239. The Hall–Kier alpha value is -3.01. The standard InChI is InChI=1S/C29H33F4N3O3/c1-19-34-24-17-22(2-4-26(24)39-19)25(37)16-20-6-10-28(30,11-7-20)12-15-36-13-8-21-3-5-27(35-23(21)9-14-36)38-18-29(31,32)33/h2-5,17,20H,6-16,18H2,1H3. The van der Waals surface area contributed by atoms with Crippen molar-refractivity contribution >= 4 is 16.9 Å². The molecule has 3 aromatic rings. The second-order valence-corrected chi connectivity index (χ2v) is 10.9. The number of benzene rings is 1. The van der Waals surface area contributed by atoms with E-state index in [1.54, 1.807) is 31.2 Å². The average Bonchev–Trinajstić information content (AvgIpc) is 3.15. The number of nitrogens with zero attached hydrogens (tertiary/aromatic N) is 3. The number of hydrogen-bond donors (Lipinski definition) is 0. The molecule has 1 aromatic carbocycles. The van der Waals surface area contributed by atoms with Crippen LogP contribution in [0, 0.1) is 12.8 Å². The summed E-state index contributed by atoms with van der Waals surface area (Å²) in [5.74, 6) is 0.764. The van der Waals surface area contributed by atoms with Gasteiger partial charge < -0.3 is 14.1 Å². The predicted molar refractivity (Wildman–Crippen MR) is 138 cm³/mol. The number of rotatable bonds is 8. The van der Waals surface area contributed by atoms with Crippen LogP contribution in [-0.2, 0) is 12.8 Å². The van der Waals surface area contributed by atoms with Gasteiger partial charge in [-0.25, -0.2) is 14.4 Å². The molecule has 6 nitrogen and oxygen atoms in total. The minimum atomic E-state index is -4.41. The molecule has 2 aliphatic rings. The van der Waals surface area contributed by atoms with Gasteiger partial charge in [-0.2, -0.15) is 13.2 Å². The van der Waals surface area contributed by atoms with Crippen LogP contribution in [0.4, 0.5) is 17.6 Å². The molecule has 210 valence electrons. The highest BCUT2D eigenvalue weighted by Gasteiger charge is 2.36. The van der Waals surface area contributed by atoms with Gasteiger partial charge in [-0.15, -0.1) is 0 Å². The lowest BCUT2D eigenvalue weighted by Crippen LogP contribution is -2.36. The molecule has 0 unspecified atom stereocenters. The van der Waals surface area contributed by atoms with E-state index < -0.39 is 18.5 Å². The molecule has 10 heteroatoms. The molecule has 0 radical (unpaired) electrons. The molecular formula is C29H33F4N3O3. The van der Waals surface area contributed by atoms with Crippen molar-refractivity contribution in [2.75, 3.05) is 26.2 Å². The maximum atomic E-state index is 15.7.